The lowest BCUT2D eigenvalue weighted by atomic mass is 9.92. The van der Waals surface area contributed by atoms with Gasteiger partial charge in [-0.1, -0.05) is 42.4 Å². The number of hydrogen-bond donors (Lipinski definition) is 0. The Morgan fingerprint density at radius 3 is 2.77 bits per heavy atom. The zero-order valence-electron chi connectivity index (χ0n) is 22.9. The molecule has 0 saturated carbocycles. The first-order valence-electron chi connectivity index (χ1n) is 14.3. The number of carbonyl (C=O) groups is 1. The van der Waals surface area contributed by atoms with Crippen LogP contribution in [0.5, 0.6) is 6.01 Å². The van der Waals surface area contributed by atoms with Gasteiger partial charge in [0.2, 0.25) is 5.91 Å². The Bertz CT molecular complexity index is 1470. The van der Waals surface area contributed by atoms with Gasteiger partial charge in [-0.3, -0.25) is 4.79 Å². The summed E-state index contributed by atoms with van der Waals surface area (Å²) in [6.07, 6.45) is 4.58. The number of likely N-dealkylation sites (N-methyl/N-ethyl adjacent to an activating group) is 1. The fraction of sp³-hybridized carbons (Fsp3) is 0.452. The number of carbonyl (C=O) groups excluding carboxylic acids is 1. The van der Waals surface area contributed by atoms with Gasteiger partial charge in [-0.25, -0.2) is 0 Å². The first-order chi connectivity index (χ1) is 19.5. The second-order valence-corrected chi connectivity index (χ2v) is 12.0. The van der Waals surface area contributed by atoms with Crippen molar-refractivity contribution in [2.75, 3.05) is 56.2 Å². The van der Waals surface area contributed by atoms with E-state index in [9.17, 15) is 4.79 Å². The Morgan fingerprint density at radius 2 is 1.98 bits per heavy atom. The highest BCUT2D eigenvalue weighted by atomic mass is 35.5. The smallest absolute Gasteiger partial charge is 0.318 e. The third-order valence-corrected chi connectivity index (χ3v) is 9.58. The predicted octanol–water partition coefficient (Wildman–Crippen LogP) is 4.15. The second kappa shape index (κ2) is 10.2. The van der Waals surface area contributed by atoms with Crippen molar-refractivity contribution in [3.63, 3.8) is 0 Å². The van der Waals surface area contributed by atoms with Gasteiger partial charge >= 0.3 is 6.01 Å². The summed E-state index contributed by atoms with van der Waals surface area (Å²) in [6.45, 7) is 9.34. The molecule has 3 saturated heterocycles. The molecule has 8 nitrogen and oxygen atoms in total. The molecule has 3 fully saturated rings. The van der Waals surface area contributed by atoms with Gasteiger partial charge in [-0.2, -0.15) is 9.97 Å². The molecule has 0 radical (unpaired) electrons. The van der Waals surface area contributed by atoms with Crippen molar-refractivity contribution in [1.29, 1.82) is 0 Å². The molecular weight excluding hydrogens is 524 g/mol. The van der Waals surface area contributed by atoms with Crippen LogP contribution in [0.2, 0.25) is 5.02 Å². The predicted molar refractivity (Wildman–Crippen MR) is 158 cm³/mol. The summed E-state index contributed by atoms with van der Waals surface area (Å²) in [7, 11) is 2.16. The number of nitrogens with zero attached hydrogens (tertiary/aromatic N) is 6. The van der Waals surface area contributed by atoms with Crippen molar-refractivity contribution >= 4 is 39.8 Å². The van der Waals surface area contributed by atoms with Crippen LogP contribution >= 0.6 is 11.6 Å². The zero-order valence-corrected chi connectivity index (χ0v) is 23.7. The molecule has 0 aliphatic carbocycles. The Hall–Kier alpha value is -3.36. The van der Waals surface area contributed by atoms with Crippen LogP contribution in [0.1, 0.15) is 24.1 Å². The lowest BCUT2D eigenvalue weighted by molar-refractivity contribution is -0.135. The van der Waals surface area contributed by atoms with E-state index in [0.29, 0.717) is 31.1 Å². The summed E-state index contributed by atoms with van der Waals surface area (Å²) in [4.78, 5) is 31.3. The first kappa shape index (κ1) is 25.6. The van der Waals surface area contributed by atoms with Crippen LogP contribution in [0.4, 0.5) is 11.5 Å². The molecule has 3 aromatic rings. The summed E-state index contributed by atoms with van der Waals surface area (Å²) in [5.41, 5.74) is 3.32. The average molecular weight is 559 g/mol. The molecular formula is C31H35ClN6O2. The number of fused-ring (bicyclic) bond motifs is 3. The van der Waals surface area contributed by atoms with Gasteiger partial charge in [-0.15, -0.1) is 0 Å². The van der Waals surface area contributed by atoms with E-state index in [1.807, 2.05) is 17.0 Å². The molecule has 5 heterocycles. The Balaban J connectivity index is 1.21. The lowest BCUT2D eigenvalue weighted by Gasteiger charge is -2.42. The Labute approximate surface area is 240 Å². The van der Waals surface area contributed by atoms with Crippen molar-refractivity contribution in [1.82, 2.24) is 19.8 Å². The SMILES string of the molecule is C=CC(=O)N1C[C@@H]2CN(c3nc(OC[C@@H]4CCCN4C)nc4c3CCN(c3cccc5cccc(Cl)c35)C4)C[C@@H]21. The van der Waals surface area contributed by atoms with Crippen molar-refractivity contribution in [3.05, 3.63) is 65.3 Å². The van der Waals surface area contributed by atoms with Crippen LogP contribution < -0.4 is 14.5 Å². The molecule has 0 unspecified atom stereocenters. The van der Waals surface area contributed by atoms with Crippen molar-refractivity contribution in [3.8, 4) is 6.01 Å². The molecule has 40 heavy (non-hydrogen) atoms. The number of benzene rings is 2. The molecule has 7 rings (SSSR count). The van der Waals surface area contributed by atoms with Gasteiger partial charge in [0.25, 0.3) is 0 Å². The molecule has 4 aliphatic rings. The highest BCUT2D eigenvalue weighted by Gasteiger charge is 2.48. The quantitative estimate of drug-likeness (QED) is 0.421. The largest absolute Gasteiger partial charge is 0.462 e. The second-order valence-electron chi connectivity index (χ2n) is 11.6. The lowest BCUT2D eigenvalue weighted by Crippen LogP contribution is -2.57. The maximum Gasteiger partial charge on any atom is 0.318 e. The molecule has 4 aliphatic heterocycles. The highest BCUT2D eigenvalue weighted by Crippen LogP contribution is 2.40. The minimum absolute atomic E-state index is 0.0157. The van der Waals surface area contributed by atoms with Gasteiger partial charge in [0.15, 0.2) is 0 Å². The minimum atomic E-state index is 0.0157. The number of ether oxygens (including phenoxy) is 1. The standard InChI is InChI=1S/C31H35ClN6O2/c1-3-28(39)38-16-21-15-37(18-27(21)38)30-23-12-14-36(26-11-5-8-20-7-4-10-24(32)29(20)26)17-25(23)33-31(34-30)40-19-22-9-6-13-35(22)2/h3-5,7-8,10-11,21-22,27H,1,6,9,12-19H2,2H3/t21-,22-,27-/m0/s1. The van der Waals surface area contributed by atoms with Crippen LogP contribution in [0.25, 0.3) is 10.8 Å². The van der Waals surface area contributed by atoms with E-state index in [2.05, 4.69) is 52.6 Å². The minimum Gasteiger partial charge on any atom is -0.462 e. The van der Waals surface area contributed by atoms with Crippen LogP contribution in [0.15, 0.2) is 49.1 Å². The topological polar surface area (TPSA) is 65.0 Å². The summed E-state index contributed by atoms with van der Waals surface area (Å²) in [5.74, 6) is 1.45. The van der Waals surface area contributed by atoms with E-state index in [4.69, 9.17) is 26.3 Å². The van der Waals surface area contributed by atoms with Crippen LogP contribution in [0.3, 0.4) is 0 Å². The third kappa shape index (κ3) is 4.38. The molecule has 2 aromatic carbocycles. The van der Waals surface area contributed by atoms with E-state index >= 15 is 0 Å². The number of amides is 1. The van der Waals surface area contributed by atoms with Crippen LogP contribution in [-0.4, -0.2) is 84.1 Å². The van der Waals surface area contributed by atoms with E-state index in [1.54, 1.807) is 0 Å². The third-order valence-electron chi connectivity index (χ3n) is 9.27. The normalized spacial score (nSPS) is 24.1. The highest BCUT2D eigenvalue weighted by molar-refractivity contribution is 6.36. The van der Waals surface area contributed by atoms with Crippen LogP contribution in [-0.2, 0) is 17.8 Å². The van der Waals surface area contributed by atoms with Gasteiger partial charge < -0.3 is 24.3 Å². The molecule has 0 bridgehead atoms. The zero-order chi connectivity index (χ0) is 27.4. The fourth-order valence-corrected chi connectivity index (χ4v) is 7.28. The number of anilines is 2. The number of rotatable bonds is 6. The Morgan fingerprint density at radius 1 is 1.12 bits per heavy atom. The van der Waals surface area contributed by atoms with E-state index < -0.39 is 0 Å². The molecule has 1 aromatic heterocycles. The van der Waals surface area contributed by atoms with Gasteiger partial charge in [0.1, 0.15) is 12.4 Å². The summed E-state index contributed by atoms with van der Waals surface area (Å²) >= 11 is 6.69. The monoisotopic (exact) mass is 558 g/mol. The van der Waals surface area contributed by atoms with E-state index in [-0.39, 0.29) is 11.9 Å². The van der Waals surface area contributed by atoms with Gasteiger partial charge in [-0.05, 0) is 56.4 Å². The van der Waals surface area contributed by atoms with Crippen molar-refractivity contribution in [2.24, 2.45) is 5.92 Å². The summed E-state index contributed by atoms with van der Waals surface area (Å²) in [5, 5.41) is 2.97. The number of hydrogen-bond acceptors (Lipinski definition) is 7. The van der Waals surface area contributed by atoms with E-state index in [1.165, 1.54) is 18.1 Å². The maximum absolute atomic E-state index is 12.3. The fourth-order valence-electron chi connectivity index (χ4n) is 7.00. The van der Waals surface area contributed by atoms with Gasteiger partial charge in [0.05, 0.1) is 23.3 Å². The average Bonchev–Trinajstić information content (AvgIpc) is 3.53. The first-order valence-corrected chi connectivity index (χ1v) is 14.7. The number of halogens is 1. The summed E-state index contributed by atoms with van der Waals surface area (Å²) in [6, 6.07) is 13.5. The van der Waals surface area contributed by atoms with E-state index in [0.717, 1.165) is 78.6 Å². The molecule has 9 heteroatoms. The number of likely N-dealkylation sites (tertiary alicyclic amines) is 2. The molecule has 1 amide bonds. The molecule has 0 spiro atoms. The molecule has 0 N–H and O–H groups in total. The van der Waals surface area contributed by atoms with Crippen molar-refractivity contribution in [2.45, 2.75) is 37.9 Å². The maximum atomic E-state index is 12.3. The number of aromatic nitrogens is 2. The molecule has 3 atom stereocenters. The Kier molecular flexibility index (Phi) is 6.55. The van der Waals surface area contributed by atoms with Crippen LogP contribution in [0, 0.1) is 5.92 Å². The summed E-state index contributed by atoms with van der Waals surface area (Å²) < 4.78 is 6.30. The molecule has 208 valence electrons. The van der Waals surface area contributed by atoms with Gasteiger partial charge in [0, 0.05) is 54.8 Å². The van der Waals surface area contributed by atoms with Crippen molar-refractivity contribution < 1.29 is 9.53 Å².